The molecule has 1 aliphatic rings. The zero-order valence-electron chi connectivity index (χ0n) is 9.85. The molecule has 2 heterocycles. The molecule has 2 atom stereocenters. The number of carbonyl (C=O) groups is 1. The summed E-state index contributed by atoms with van der Waals surface area (Å²) in [6.45, 7) is 2.89. The van der Waals surface area contributed by atoms with Crippen LogP contribution < -0.4 is 10.6 Å². The van der Waals surface area contributed by atoms with E-state index in [1.807, 2.05) is 25.1 Å². The predicted octanol–water partition coefficient (Wildman–Crippen LogP) is 1.43. The molecule has 0 radical (unpaired) electrons. The van der Waals surface area contributed by atoms with E-state index in [-0.39, 0.29) is 30.4 Å². The number of nitrogens with one attached hydrogen (secondary N) is 2. The predicted molar refractivity (Wildman–Crippen MR) is 69.1 cm³/mol. The summed E-state index contributed by atoms with van der Waals surface area (Å²) in [5.41, 5.74) is 0.897. The minimum Gasteiger partial charge on any atom is -0.347 e. The van der Waals surface area contributed by atoms with Crippen molar-refractivity contribution in [3.05, 3.63) is 30.1 Å². The van der Waals surface area contributed by atoms with Gasteiger partial charge in [0.15, 0.2) is 0 Å². The average Bonchev–Trinajstić information content (AvgIpc) is 2.83. The van der Waals surface area contributed by atoms with Crippen molar-refractivity contribution in [3.63, 3.8) is 0 Å². The number of hydrogen-bond donors (Lipinski definition) is 2. The van der Waals surface area contributed by atoms with Gasteiger partial charge < -0.3 is 10.6 Å². The van der Waals surface area contributed by atoms with Crippen molar-refractivity contribution in [3.8, 4) is 0 Å². The van der Waals surface area contributed by atoms with Gasteiger partial charge in [0.05, 0.1) is 17.8 Å². The fourth-order valence-corrected chi connectivity index (χ4v) is 1.93. The molecule has 1 fully saturated rings. The Morgan fingerprint density at radius 1 is 1.59 bits per heavy atom. The van der Waals surface area contributed by atoms with Gasteiger partial charge in [-0.25, -0.2) is 0 Å². The van der Waals surface area contributed by atoms with Crippen LogP contribution in [0.5, 0.6) is 0 Å². The number of amides is 1. The number of aromatic nitrogens is 1. The number of carbonyl (C=O) groups excluding carboxylic acids is 1. The first kappa shape index (κ1) is 13.9. The van der Waals surface area contributed by atoms with Crippen LogP contribution in [0, 0.1) is 0 Å². The molecule has 17 heavy (non-hydrogen) atoms. The van der Waals surface area contributed by atoms with Crippen molar-refractivity contribution < 1.29 is 4.79 Å². The van der Waals surface area contributed by atoms with Gasteiger partial charge in [-0.2, -0.15) is 0 Å². The maximum absolute atomic E-state index is 11.8. The maximum atomic E-state index is 11.8. The normalized spacial score (nSPS) is 20.4. The Morgan fingerprint density at radius 3 is 3.00 bits per heavy atom. The third-order valence-electron chi connectivity index (χ3n) is 2.87. The van der Waals surface area contributed by atoms with Crippen LogP contribution in [0.1, 0.15) is 31.5 Å². The topological polar surface area (TPSA) is 54.0 Å². The van der Waals surface area contributed by atoms with E-state index >= 15 is 0 Å². The molecule has 0 aromatic carbocycles. The fourth-order valence-electron chi connectivity index (χ4n) is 1.93. The molecular weight excluding hydrogens is 238 g/mol. The monoisotopic (exact) mass is 255 g/mol. The smallest absolute Gasteiger partial charge is 0.237 e. The second-order valence-corrected chi connectivity index (χ2v) is 4.13. The van der Waals surface area contributed by atoms with Crippen molar-refractivity contribution >= 4 is 18.3 Å². The summed E-state index contributed by atoms with van der Waals surface area (Å²) in [6, 6.07) is 5.67. The number of rotatable bonds is 3. The Bertz CT molecular complexity index is 352. The number of pyridine rings is 1. The lowest BCUT2D eigenvalue weighted by Crippen LogP contribution is -2.41. The largest absolute Gasteiger partial charge is 0.347 e. The van der Waals surface area contributed by atoms with E-state index in [4.69, 9.17) is 0 Å². The van der Waals surface area contributed by atoms with Crippen molar-refractivity contribution in [1.82, 2.24) is 15.6 Å². The molecule has 4 nitrogen and oxygen atoms in total. The van der Waals surface area contributed by atoms with Crippen molar-refractivity contribution in [2.45, 2.75) is 31.8 Å². The van der Waals surface area contributed by atoms with Gasteiger partial charge in [-0.05, 0) is 38.4 Å². The van der Waals surface area contributed by atoms with Gasteiger partial charge in [0.2, 0.25) is 5.91 Å². The Labute approximate surface area is 108 Å². The van der Waals surface area contributed by atoms with Crippen LogP contribution >= 0.6 is 12.4 Å². The Morgan fingerprint density at radius 2 is 2.41 bits per heavy atom. The molecule has 94 valence electrons. The van der Waals surface area contributed by atoms with E-state index < -0.39 is 0 Å². The second kappa shape index (κ2) is 6.57. The highest BCUT2D eigenvalue weighted by Crippen LogP contribution is 2.10. The molecule has 0 aliphatic carbocycles. The average molecular weight is 256 g/mol. The molecular formula is C12H18ClN3O. The van der Waals surface area contributed by atoms with Gasteiger partial charge in [0.25, 0.3) is 0 Å². The van der Waals surface area contributed by atoms with Gasteiger partial charge >= 0.3 is 0 Å². The standard InChI is InChI=1S/C12H17N3O.ClH/c1-9(10-5-2-3-7-13-10)15-12(16)11-6-4-8-14-11;/h2-3,5,7,9,11,14H,4,6,8H2,1H3,(H,15,16);1H. The van der Waals surface area contributed by atoms with E-state index in [9.17, 15) is 4.79 Å². The molecule has 2 rings (SSSR count). The molecule has 1 aliphatic heterocycles. The van der Waals surface area contributed by atoms with Crippen LogP contribution in [-0.2, 0) is 4.79 Å². The first-order chi connectivity index (χ1) is 7.77. The molecule has 1 amide bonds. The lowest BCUT2D eigenvalue weighted by molar-refractivity contribution is -0.123. The van der Waals surface area contributed by atoms with E-state index in [1.54, 1.807) is 6.20 Å². The van der Waals surface area contributed by atoms with Gasteiger partial charge in [0, 0.05) is 6.20 Å². The quantitative estimate of drug-likeness (QED) is 0.859. The maximum Gasteiger partial charge on any atom is 0.237 e. The highest BCUT2D eigenvalue weighted by Gasteiger charge is 2.23. The first-order valence-corrected chi connectivity index (χ1v) is 5.72. The minimum atomic E-state index is -0.0314. The van der Waals surface area contributed by atoms with Crippen LogP contribution in [-0.4, -0.2) is 23.5 Å². The third-order valence-corrected chi connectivity index (χ3v) is 2.87. The molecule has 0 saturated carbocycles. The van der Waals surface area contributed by atoms with E-state index in [2.05, 4.69) is 15.6 Å². The van der Waals surface area contributed by atoms with Crippen LogP contribution in [0.3, 0.4) is 0 Å². The van der Waals surface area contributed by atoms with Crippen LogP contribution in [0.2, 0.25) is 0 Å². The molecule has 0 bridgehead atoms. The number of nitrogens with zero attached hydrogens (tertiary/aromatic N) is 1. The van der Waals surface area contributed by atoms with E-state index in [0.717, 1.165) is 25.1 Å². The molecule has 1 aromatic rings. The highest BCUT2D eigenvalue weighted by molar-refractivity contribution is 5.85. The second-order valence-electron chi connectivity index (χ2n) is 4.13. The van der Waals surface area contributed by atoms with Crippen LogP contribution in [0.4, 0.5) is 0 Å². The lowest BCUT2D eigenvalue weighted by atomic mass is 10.1. The first-order valence-electron chi connectivity index (χ1n) is 5.72. The van der Waals surface area contributed by atoms with Gasteiger partial charge in [-0.3, -0.25) is 9.78 Å². The summed E-state index contributed by atoms with van der Waals surface area (Å²) in [5, 5.41) is 6.15. The van der Waals surface area contributed by atoms with Gasteiger partial charge in [-0.15, -0.1) is 12.4 Å². The summed E-state index contributed by atoms with van der Waals surface area (Å²) in [7, 11) is 0. The molecule has 1 saturated heterocycles. The Balaban J connectivity index is 0.00000144. The van der Waals surface area contributed by atoms with Gasteiger partial charge in [-0.1, -0.05) is 6.07 Å². The zero-order chi connectivity index (χ0) is 11.4. The summed E-state index contributed by atoms with van der Waals surface area (Å²) < 4.78 is 0. The Kier molecular flexibility index (Phi) is 5.38. The lowest BCUT2D eigenvalue weighted by Gasteiger charge is -2.16. The minimum absolute atomic E-state index is 0. The molecule has 1 aromatic heterocycles. The number of hydrogen-bond acceptors (Lipinski definition) is 3. The van der Waals surface area contributed by atoms with Crippen LogP contribution in [0.25, 0.3) is 0 Å². The summed E-state index contributed by atoms with van der Waals surface area (Å²) in [6.07, 6.45) is 3.75. The Hall–Kier alpha value is -1.13. The third kappa shape index (κ3) is 3.68. The summed E-state index contributed by atoms with van der Waals surface area (Å²) >= 11 is 0. The molecule has 5 heteroatoms. The summed E-state index contributed by atoms with van der Waals surface area (Å²) in [4.78, 5) is 16.1. The van der Waals surface area contributed by atoms with E-state index in [0.29, 0.717) is 0 Å². The number of halogens is 1. The highest BCUT2D eigenvalue weighted by atomic mass is 35.5. The van der Waals surface area contributed by atoms with E-state index in [1.165, 1.54) is 0 Å². The molecule has 0 spiro atoms. The molecule has 2 N–H and O–H groups in total. The van der Waals surface area contributed by atoms with Crippen molar-refractivity contribution in [2.75, 3.05) is 6.54 Å². The SMILES string of the molecule is CC(NC(=O)C1CCCN1)c1ccccn1.Cl. The van der Waals surface area contributed by atoms with Crippen molar-refractivity contribution in [2.24, 2.45) is 0 Å². The summed E-state index contributed by atoms with van der Waals surface area (Å²) in [5.74, 6) is 0.0793. The van der Waals surface area contributed by atoms with Crippen molar-refractivity contribution in [1.29, 1.82) is 0 Å². The van der Waals surface area contributed by atoms with Crippen LogP contribution in [0.15, 0.2) is 24.4 Å². The zero-order valence-corrected chi connectivity index (χ0v) is 10.7. The fraction of sp³-hybridized carbons (Fsp3) is 0.500. The van der Waals surface area contributed by atoms with Gasteiger partial charge in [0.1, 0.15) is 0 Å². The molecule has 2 unspecified atom stereocenters.